The van der Waals surface area contributed by atoms with Crippen LogP contribution in [0.4, 0.5) is 13.2 Å². The molecule has 1 saturated heterocycles. The Bertz CT molecular complexity index is 469. The van der Waals surface area contributed by atoms with Crippen molar-refractivity contribution in [3.8, 4) is 0 Å². The van der Waals surface area contributed by atoms with Crippen molar-refractivity contribution in [2.24, 2.45) is 0 Å². The van der Waals surface area contributed by atoms with Gasteiger partial charge < -0.3 is 8.92 Å². The Morgan fingerprint density at radius 2 is 1.95 bits per heavy atom. The van der Waals surface area contributed by atoms with Gasteiger partial charge in [0.25, 0.3) is 0 Å². The van der Waals surface area contributed by atoms with Gasteiger partial charge in [-0.1, -0.05) is 0 Å². The summed E-state index contributed by atoms with van der Waals surface area (Å²) in [6.07, 6.45) is 2.70. The van der Waals surface area contributed by atoms with Crippen LogP contribution in [0.1, 0.15) is 19.3 Å². The first-order valence-electron chi connectivity index (χ1n) is 6.31. The molecule has 0 unspecified atom stereocenters. The predicted molar refractivity (Wildman–Crippen MR) is 64.2 cm³/mol. The summed E-state index contributed by atoms with van der Waals surface area (Å²) >= 11 is 0. The summed E-state index contributed by atoms with van der Waals surface area (Å²) < 4.78 is 67.7. The molecule has 2 aliphatic rings. The summed E-state index contributed by atoms with van der Waals surface area (Å²) in [4.78, 5) is 2.20. The molecule has 5 nitrogen and oxygen atoms in total. The van der Waals surface area contributed by atoms with Crippen molar-refractivity contribution >= 4 is 10.1 Å². The normalized spacial score (nSPS) is 26.1. The molecule has 0 aromatic rings. The molecule has 1 aliphatic carbocycles. The lowest BCUT2D eigenvalue weighted by atomic mass is 9.99. The summed E-state index contributed by atoms with van der Waals surface area (Å²) in [6, 6.07) is 0.208. The third-order valence-electron chi connectivity index (χ3n) is 3.40. The molecule has 9 heteroatoms. The Kier molecular flexibility index (Phi) is 4.60. The topological polar surface area (TPSA) is 55.8 Å². The first-order valence-corrected chi connectivity index (χ1v) is 7.72. The molecule has 0 spiro atoms. The number of rotatable bonds is 3. The molecule has 0 aromatic carbocycles. The smallest absolute Gasteiger partial charge is 0.381 e. The molecular formula is C11H16F3NO4S. The molecule has 0 saturated carbocycles. The summed E-state index contributed by atoms with van der Waals surface area (Å²) in [6.45, 7) is 2.86. The lowest BCUT2D eigenvalue weighted by molar-refractivity contribution is -0.0525. The van der Waals surface area contributed by atoms with E-state index in [4.69, 9.17) is 4.74 Å². The molecule has 2 rings (SSSR count). The van der Waals surface area contributed by atoms with E-state index in [2.05, 4.69) is 9.08 Å². The number of allylic oxidation sites excluding steroid dienone is 1. The Labute approximate surface area is 115 Å². The van der Waals surface area contributed by atoms with Crippen LogP contribution in [0.3, 0.4) is 0 Å². The van der Waals surface area contributed by atoms with Gasteiger partial charge in [0.15, 0.2) is 0 Å². The highest BCUT2D eigenvalue weighted by Gasteiger charge is 2.49. The summed E-state index contributed by atoms with van der Waals surface area (Å²) in [5.41, 5.74) is -5.38. The zero-order chi connectivity index (χ0) is 14.8. The molecule has 0 aromatic heterocycles. The van der Waals surface area contributed by atoms with Gasteiger partial charge >= 0.3 is 15.6 Å². The molecule has 1 heterocycles. The van der Waals surface area contributed by atoms with Gasteiger partial charge in [0.1, 0.15) is 5.76 Å². The number of hydrogen-bond donors (Lipinski definition) is 0. The van der Waals surface area contributed by atoms with E-state index in [0.29, 0.717) is 26.1 Å². The minimum atomic E-state index is -5.54. The van der Waals surface area contributed by atoms with E-state index < -0.39 is 15.6 Å². The van der Waals surface area contributed by atoms with Crippen LogP contribution in [0, 0.1) is 0 Å². The Balaban J connectivity index is 1.92. The van der Waals surface area contributed by atoms with E-state index in [1.807, 2.05) is 0 Å². The largest absolute Gasteiger partial charge is 0.534 e. The van der Waals surface area contributed by atoms with Gasteiger partial charge in [0.05, 0.1) is 13.2 Å². The van der Waals surface area contributed by atoms with Crippen LogP contribution < -0.4 is 0 Å². The van der Waals surface area contributed by atoms with E-state index in [1.54, 1.807) is 0 Å². The first kappa shape index (κ1) is 15.6. The third kappa shape index (κ3) is 3.64. The zero-order valence-electron chi connectivity index (χ0n) is 10.7. The monoisotopic (exact) mass is 315 g/mol. The minimum Gasteiger partial charge on any atom is -0.381 e. The van der Waals surface area contributed by atoms with E-state index >= 15 is 0 Å². The van der Waals surface area contributed by atoms with Crippen LogP contribution in [0.15, 0.2) is 11.8 Å². The van der Waals surface area contributed by atoms with E-state index in [9.17, 15) is 21.6 Å². The van der Waals surface area contributed by atoms with Crippen molar-refractivity contribution < 1.29 is 30.5 Å². The van der Waals surface area contributed by atoms with Crippen molar-refractivity contribution in [3.05, 3.63) is 11.8 Å². The van der Waals surface area contributed by atoms with Gasteiger partial charge in [-0.25, -0.2) is 0 Å². The number of hydrogen-bond acceptors (Lipinski definition) is 5. The second kappa shape index (κ2) is 5.90. The van der Waals surface area contributed by atoms with Crippen LogP contribution in [0.2, 0.25) is 0 Å². The molecule has 1 aliphatic heterocycles. The number of ether oxygens (including phenoxy) is 1. The molecule has 0 radical (unpaired) electrons. The first-order chi connectivity index (χ1) is 9.29. The molecule has 1 atom stereocenters. The second-order valence-electron chi connectivity index (χ2n) is 4.73. The van der Waals surface area contributed by atoms with E-state index in [0.717, 1.165) is 13.1 Å². The SMILES string of the molecule is O=S(=O)(OC1=CC[C@@H](N2CCOCC2)CC1)C(F)(F)F. The summed E-state index contributed by atoms with van der Waals surface area (Å²) in [5.74, 6) is -0.119. The van der Waals surface area contributed by atoms with Crippen molar-refractivity contribution in [3.63, 3.8) is 0 Å². The number of nitrogens with zero attached hydrogens (tertiary/aromatic N) is 1. The fourth-order valence-corrected chi connectivity index (χ4v) is 2.86. The number of halogens is 3. The van der Waals surface area contributed by atoms with Crippen molar-refractivity contribution in [2.45, 2.75) is 30.8 Å². The maximum absolute atomic E-state index is 12.2. The maximum atomic E-state index is 12.2. The fraction of sp³-hybridized carbons (Fsp3) is 0.818. The maximum Gasteiger partial charge on any atom is 0.534 e. The van der Waals surface area contributed by atoms with Gasteiger partial charge in [-0.3, -0.25) is 4.90 Å². The second-order valence-corrected chi connectivity index (χ2v) is 6.27. The van der Waals surface area contributed by atoms with Gasteiger partial charge in [0.2, 0.25) is 0 Å². The molecule has 20 heavy (non-hydrogen) atoms. The zero-order valence-corrected chi connectivity index (χ0v) is 11.5. The van der Waals surface area contributed by atoms with Crippen LogP contribution >= 0.6 is 0 Å². The standard InChI is InChI=1S/C11H16F3NO4S/c12-11(13,14)20(16,17)19-10-3-1-9(2-4-10)15-5-7-18-8-6-15/h3,9H,1-2,4-8H2/t9-/m1/s1. The highest BCUT2D eigenvalue weighted by atomic mass is 32.2. The number of morpholine rings is 1. The number of alkyl halides is 3. The Morgan fingerprint density at radius 3 is 2.45 bits per heavy atom. The Morgan fingerprint density at radius 1 is 1.30 bits per heavy atom. The van der Waals surface area contributed by atoms with Crippen molar-refractivity contribution in [2.75, 3.05) is 26.3 Å². The quantitative estimate of drug-likeness (QED) is 0.585. The van der Waals surface area contributed by atoms with Crippen LogP contribution in [-0.4, -0.2) is 51.2 Å². The lowest BCUT2D eigenvalue weighted by Gasteiger charge is -2.35. The molecule has 0 amide bonds. The highest BCUT2D eigenvalue weighted by Crippen LogP contribution is 2.30. The van der Waals surface area contributed by atoms with Crippen LogP contribution in [-0.2, 0) is 19.0 Å². The highest BCUT2D eigenvalue weighted by molar-refractivity contribution is 7.87. The fourth-order valence-electron chi connectivity index (χ4n) is 2.33. The van der Waals surface area contributed by atoms with Gasteiger partial charge in [0, 0.05) is 25.6 Å². The third-order valence-corrected chi connectivity index (χ3v) is 4.40. The molecule has 1 fully saturated rings. The minimum absolute atomic E-state index is 0.119. The summed E-state index contributed by atoms with van der Waals surface area (Å²) in [5, 5.41) is 0. The van der Waals surface area contributed by atoms with Crippen molar-refractivity contribution in [1.82, 2.24) is 4.90 Å². The summed E-state index contributed by atoms with van der Waals surface area (Å²) in [7, 11) is -5.54. The van der Waals surface area contributed by atoms with Gasteiger partial charge in [-0.05, 0) is 18.9 Å². The average Bonchev–Trinajstić information content (AvgIpc) is 2.39. The predicted octanol–water partition coefficient (Wildman–Crippen LogP) is 1.62. The van der Waals surface area contributed by atoms with Crippen LogP contribution in [0.25, 0.3) is 0 Å². The average molecular weight is 315 g/mol. The van der Waals surface area contributed by atoms with Crippen molar-refractivity contribution in [1.29, 1.82) is 0 Å². The lowest BCUT2D eigenvalue weighted by Crippen LogP contribution is -2.44. The van der Waals surface area contributed by atoms with E-state index in [-0.39, 0.29) is 18.2 Å². The molecule has 116 valence electrons. The molecular weight excluding hydrogens is 299 g/mol. The molecule has 0 bridgehead atoms. The molecule has 0 N–H and O–H groups in total. The van der Waals surface area contributed by atoms with Gasteiger partial charge in [-0.15, -0.1) is 0 Å². The van der Waals surface area contributed by atoms with E-state index in [1.165, 1.54) is 6.08 Å². The van der Waals surface area contributed by atoms with Crippen LogP contribution in [0.5, 0.6) is 0 Å². The Hall–Kier alpha value is -0.800. The van der Waals surface area contributed by atoms with Gasteiger partial charge in [-0.2, -0.15) is 21.6 Å².